The maximum atomic E-state index is 5.76. The van der Waals surface area contributed by atoms with Crippen LogP contribution in [0.2, 0.25) is 0 Å². The quantitative estimate of drug-likeness (QED) is 0.582. The number of alkyl halides is 1. The molecule has 0 N–H and O–H groups in total. The number of hydrogen-bond donors (Lipinski definition) is 0. The van der Waals surface area contributed by atoms with Crippen LogP contribution < -0.4 is 4.74 Å². The van der Waals surface area contributed by atoms with Gasteiger partial charge < -0.3 is 4.74 Å². The van der Waals surface area contributed by atoms with Gasteiger partial charge in [0.1, 0.15) is 0 Å². The van der Waals surface area contributed by atoms with Crippen LogP contribution in [-0.2, 0) is 12.3 Å². The van der Waals surface area contributed by atoms with Crippen LogP contribution in [-0.4, -0.2) is 11.6 Å². The second kappa shape index (κ2) is 7.02. The fourth-order valence-corrected chi connectivity index (χ4v) is 1.88. The molecule has 1 aromatic heterocycles. The predicted octanol–water partition coefficient (Wildman–Crippen LogP) is 3.83. The number of aromatic nitrogens is 1. The summed E-state index contributed by atoms with van der Waals surface area (Å²) in [6, 6.07) is 14.2. The van der Waals surface area contributed by atoms with Crippen molar-refractivity contribution in [3.63, 3.8) is 0 Å². The van der Waals surface area contributed by atoms with E-state index < -0.39 is 0 Å². The minimum Gasteiger partial charge on any atom is -0.478 e. The minimum atomic E-state index is 0.489. The number of benzene rings is 1. The standard InChI is InChI=1S/C15H16ClNO/c16-12-14-8-9-17-15(11-14)18-10-4-7-13-5-2-1-3-6-13/h1-3,5-6,8-9,11H,4,7,10,12H2. The molecule has 0 amide bonds. The summed E-state index contributed by atoms with van der Waals surface area (Å²) in [5.74, 6) is 1.14. The molecule has 0 unspecified atom stereocenters. The van der Waals surface area contributed by atoms with E-state index in [2.05, 4.69) is 29.2 Å². The van der Waals surface area contributed by atoms with E-state index in [-0.39, 0.29) is 0 Å². The van der Waals surface area contributed by atoms with Crippen molar-refractivity contribution in [1.82, 2.24) is 4.98 Å². The van der Waals surface area contributed by atoms with Gasteiger partial charge in [0, 0.05) is 18.1 Å². The van der Waals surface area contributed by atoms with Gasteiger partial charge in [-0.1, -0.05) is 30.3 Å². The number of halogens is 1. The Morgan fingerprint density at radius 2 is 1.89 bits per heavy atom. The Balaban J connectivity index is 1.75. The van der Waals surface area contributed by atoms with Gasteiger partial charge in [0.2, 0.25) is 5.88 Å². The molecule has 0 bridgehead atoms. The van der Waals surface area contributed by atoms with Crippen LogP contribution in [0, 0.1) is 0 Å². The second-order valence-electron chi connectivity index (χ2n) is 4.07. The highest BCUT2D eigenvalue weighted by Crippen LogP contribution is 2.12. The van der Waals surface area contributed by atoms with Gasteiger partial charge in [0.05, 0.1) is 6.61 Å². The molecular formula is C15H16ClNO. The highest BCUT2D eigenvalue weighted by Gasteiger charge is 1.98. The summed E-state index contributed by atoms with van der Waals surface area (Å²) < 4.78 is 5.60. The summed E-state index contributed by atoms with van der Waals surface area (Å²) in [5, 5.41) is 0. The Morgan fingerprint density at radius 3 is 2.67 bits per heavy atom. The van der Waals surface area contributed by atoms with Gasteiger partial charge in [0.25, 0.3) is 0 Å². The third kappa shape index (κ3) is 4.04. The van der Waals surface area contributed by atoms with Gasteiger partial charge in [-0.05, 0) is 30.0 Å². The van der Waals surface area contributed by atoms with Crippen molar-refractivity contribution in [3.05, 3.63) is 59.8 Å². The summed E-state index contributed by atoms with van der Waals surface area (Å²) in [7, 11) is 0. The summed E-state index contributed by atoms with van der Waals surface area (Å²) in [4.78, 5) is 4.15. The summed E-state index contributed by atoms with van der Waals surface area (Å²) in [6.07, 6.45) is 3.73. The molecule has 0 radical (unpaired) electrons. The Morgan fingerprint density at radius 1 is 1.06 bits per heavy atom. The molecule has 1 aromatic carbocycles. The minimum absolute atomic E-state index is 0.489. The van der Waals surface area contributed by atoms with E-state index in [4.69, 9.17) is 16.3 Å². The first kappa shape index (κ1) is 12.9. The predicted molar refractivity (Wildman–Crippen MR) is 74.1 cm³/mol. The van der Waals surface area contributed by atoms with Gasteiger partial charge in [-0.25, -0.2) is 4.98 Å². The SMILES string of the molecule is ClCc1ccnc(OCCCc2ccccc2)c1. The molecule has 0 aliphatic carbocycles. The van der Waals surface area contributed by atoms with Gasteiger partial charge in [0.15, 0.2) is 0 Å². The Hall–Kier alpha value is -1.54. The van der Waals surface area contributed by atoms with Crippen LogP contribution >= 0.6 is 11.6 Å². The van der Waals surface area contributed by atoms with E-state index >= 15 is 0 Å². The average Bonchev–Trinajstić information content (AvgIpc) is 2.45. The molecule has 2 rings (SSSR count). The third-order valence-electron chi connectivity index (χ3n) is 2.66. The van der Waals surface area contributed by atoms with Crippen molar-refractivity contribution < 1.29 is 4.74 Å². The van der Waals surface area contributed by atoms with Gasteiger partial charge >= 0.3 is 0 Å². The summed E-state index contributed by atoms with van der Waals surface area (Å²) >= 11 is 5.76. The van der Waals surface area contributed by atoms with E-state index in [0.29, 0.717) is 18.4 Å². The zero-order valence-electron chi connectivity index (χ0n) is 10.2. The molecule has 0 aliphatic rings. The number of aryl methyl sites for hydroxylation is 1. The van der Waals surface area contributed by atoms with Gasteiger partial charge in [-0.15, -0.1) is 11.6 Å². The Labute approximate surface area is 113 Å². The highest BCUT2D eigenvalue weighted by molar-refractivity contribution is 6.17. The molecular weight excluding hydrogens is 246 g/mol. The van der Waals surface area contributed by atoms with Crippen LogP contribution in [0.5, 0.6) is 5.88 Å². The van der Waals surface area contributed by atoms with Crippen LogP contribution in [0.1, 0.15) is 17.5 Å². The maximum Gasteiger partial charge on any atom is 0.213 e. The molecule has 94 valence electrons. The summed E-state index contributed by atoms with van der Waals surface area (Å²) in [6.45, 7) is 0.674. The average molecular weight is 262 g/mol. The smallest absolute Gasteiger partial charge is 0.213 e. The molecule has 0 spiro atoms. The monoisotopic (exact) mass is 261 g/mol. The van der Waals surface area contributed by atoms with Crippen molar-refractivity contribution >= 4 is 11.6 Å². The van der Waals surface area contributed by atoms with E-state index in [1.54, 1.807) is 6.20 Å². The number of pyridine rings is 1. The van der Waals surface area contributed by atoms with Gasteiger partial charge in [-0.2, -0.15) is 0 Å². The largest absolute Gasteiger partial charge is 0.478 e. The molecule has 0 atom stereocenters. The fraction of sp³-hybridized carbons (Fsp3) is 0.267. The van der Waals surface area contributed by atoms with Crippen LogP contribution in [0.3, 0.4) is 0 Å². The lowest BCUT2D eigenvalue weighted by Gasteiger charge is -2.06. The highest BCUT2D eigenvalue weighted by atomic mass is 35.5. The normalized spacial score (nSPS) is 10.3. The first-order valence-corrected chi connectivity index (χ1v) is 6.59. The molecule has 2 aromatic rings. The molecule has 0 saturated carbocycles. The van der Waals surface area contributed by atoms with Crippen molar-refractivity contribution in [2.45, 2.75) is 18.7 Å². The number of rotatable bonds is 6. The van der Waals surface area contributed by atoms with Crippen molar-refractivity contribution in [2.24, 2.45) is 0 Å². The summed E-state index contributed by atoms with van der Waals surface area (Å²) in [5.41, 5.74) is 2.37. The Bertz CT molecular complexity index is 473. The maximum absolute atomic E-state index is 5.76. The van der Waals surface area contributed by atoms with Crippen molar-refractivity contribution in [3.8, 4) is 5.88 Å². The lowest BCUT2D eigenvalue weighted by molar-refractivity contribution is 0.299. The van der Waals surface area contributed by atoms with Gasteiger partial charge in [-0.3, -0.25) is 0 Å². The molecule has 18 heavy (non-hydrogen) atoms. The third-order valence-corrected chi connectivity index (χ3v) is 2.96. The van der Waals surface area contributed by atoms with E-state index in [1.165, 1.54) is 5.56 Å². The molecule has 0 fully saturated rings. The lowest BCUT2D eigenvalue weighted by atomic mass is 10.1. The molecule has 2 nitrogen and oxygen atoms in total. The van der Waals surface area contributed by atoms with Crippen molar-refractivity contribution in [2.75, 3.05) is 6.61 Å². The lowest BCUT2D eigenvalue weighted by Crippen LogP contribution is -2.01. The second-order valence-corrected chi connectivity index (χ2v) is 4.34. The Kier molecular flexibility index (Phi) is 5.03. The first-order valence-electron chi connectivity index (χ1n) is 6.06. The van der Waals surface area contributed by atoms with Crippen LogP contribution in [0.15, 0.2) is 48.7 Å². The molecule has 3 heteroatoms. The molecule has 0 aliphatic heterocycles. The number of hydrogen-bond acceptors (Lipinski definition) is 2. The topological polar surface area (TPSA) is 22.1 Å². The molecule has 1 heterocycles. The first-order chi connectivity index (χ1) is 8.88. The van der Waals surface area contributed by atoms with Crippen LogP contribution in [0.4, 0.5) is 0 Å². The molecule has 0 saturated heterocycles. The van der Waals surface area contributed by atoms with Crippen molar-refractivity contribution in [1.29, 1.82) is 0 Å². The zero-order chi connectivity index (χ0) is 12.6. The number of ether oxygens (including phenoxy) is 1. The zero-order valence-corrected chi connectivity index (χ0v) is 10.9. The van der Waals surface area contributed by atoms with E-state index in [9.17, 15) is 0 Å². The van der Waals surface area contributed by atoms with E-state index in [0.717, 1.165) is 18.4 Å². The van der Waals surface area contributed by atoms with Crippen LogP contribution in [0.25, 0.3) is 0 Å². The van der Waals surface area contributed by atoms with E-state index in [1.807, 2.05) is 18.2 Å². The number of nitrogens with zero attached hydrogens (tertiary/aromatic N) is 1. The fourth-order valence-electron chi connectivity index (χ4n) is 1.71.